The van der Waals surface area contributed by atoms with Crippen molar-refractivity contribution >= 4 is 6.08 Å². The molecule has 0 saturated heterocycles. The molecule has 0 N–H and O–H groups in total. The van der Waals surface area contributed by atoms with E-state index < -0.39 is 0 Å². The van der Waals surface area contributed by atoms with E-state index in [1.54, 1.807) is 7.11 Å². The predicted octanol–water partition coefficient (Wildman–Crippen LogP) is 3.03. The maximum absolute atomic E-state index is 8.87. The topological polar surface area (TPSA) is 42.2 Å². The minimum atomic E-state index is 0.166. The molecule has 0 atom stereocenters. The number of nitrogens with zero attached hydrogens (tertiary/aromatic N) is 1. The second-order valence-corrected chi connectivity index (χ2v) is 3.95. The van der Waals surface area contributed by atoms with Gasteiger partial charge in [0.1, 0.15) is 5.75 Å². The molecule has 0 radical (unpaired) electrons. The summed E-state index contributed by atoms with van der Waals surface area (Å²) in [6.45, 7) is 4.31. The van der Waals surface area contributed by atoms with Gasteiger partial charge in [0.15, 0.2) is 0 Å². The van der Waals surface area contributed by atoms with Crippen LogP contribution in [-0.4, -0.2) is 19.8 Å². The Morgan fingerprint density at radius 2 is 2.00 bits per heavy atom. The third kappa shape index (κ3) is 4.71. The molecular weight excluding hydrogens is 214 g/mol. The van der Waals surface area contributed by atoms with Crippen LogP contribution in [0.3, 0.4) is 0 Å². The summed E-state index contributed by atoms with van der Waals surface area (Å²) in [6, 6.07) is 9.74. The molecule has 0 aliphatic rings. The van der Waals surface area contributed by atoms with Crippen molar-refractivity contribution in [1.29, 1.82) is 5.26 Å². The first-order chi connectivity index (χ1) is 8.15. The summed E-state index contributed by atoms with van der Waals surface area (Å²) in [6.07, 6.45) is 1.97. The molecule has 0 spiro atoms. The number of hydrogen-bond donors (Lipinski definition) is 0. The summed E-state index contributed by atoms with van der Waals surface area (Å²) in [5.74, 6) is 0.836. The summed E-state index contributed by atoms with van der Waals surface area (Å²) in [4.78, 5) is 0. The minimum Gasteiger partial charge on any atom is -0.491 e. The van der Waals surface area contributed by atoms with Crippen molar-refractivity contribution in [1.82, 2.24) is 0 Å². The number of nitriles is 1. The number of ether oxygens (including phenoxy) is 2. The van der Waals surface area contributed by atoms with Gasteiger partial charge in [-0.2, -0.15) is 5.26 Å². The van der Waals surface area contributed by atoms with Crippen molar-refractivity contribution in [3.63, 3.8) is 0 Å². The zero-order valence-corrected chi connectivity index (χ0v) is 10.4. The van der Waals surface area contributed by atoms with E-state index >= 15 is 0 Å². The van der Waals surface area contributed by atoms with Crippen molar-refractivity contribution in [2.24, 2.45) is 0 Å². The number of rotatable bonds is 5. The highest BCUT2D eigenvalue weighted by molar-refractivity contribution is 5.57. The fourth-order valence-corrected chi connectivity index (χ4v) is 1.38. The Bertz CT molecular complexity index is 413. The van der Waals surface area contributed by atoms with Crippen molar-refractivity contribution in [3.05, 3.63) is 35.4 Å². The fraction of sp³-hybridized carbons (Fsp3) is 0.357. The van der Waals surface area contributed by atoms with Gasteiger partial charge in [-0.1, -0.05) is 12.1 Å². The van der Waals surface area contributed by atoms with Gasteiger partial charge in [0.25, 0.3) is 0 Å². The van der Waals surface area contributed by atoms with Crippen LogP contribution in [0.15, 0.2) is 29.8 Å². The number of hydrogen-bond acceptors (Lipinski definition) is 3. The van der Waals surface area contributed by atoms with E-state index in [1.807, 2.05) is 44.2 Å². The van der Waals surface area contributed by atoms with Crippen molar-refractivity contribution in [2.75, 3.05) is 13.7 Å². The zero-order valence-electron chi connectivity index (χ0n) is 10.4. The molecule has 0 bridgehead atoms. The summed E-state index contributed by atoms with van der Waals surface area (Å²) < 4.78 is 10.5. The van der Waals surface area contributed by atoms with E-state index in [0.717, 1.165) is 11.3 Å². The van der Waals surface area contributed by atoms with Crippen LogP contribution in [0.5, 0.6) is 5.75 Å². The molecule has 0 amide bonds. The van der Waals surface area contributed by atoms with Gasteiger partial charge in [-0.25, -0.2) is 0 Å². The minimum absolute atomic E-state index is 0.166. The van der Waals surface area contributed by atoms with E-state index in [4.69, 9.17) is 14.7 Å². The molecule has 0 fully saturated rings. The van der Waals surface area contributed by atoms with Gasteiger partial charge in [-0.05, 0) is 37.6 Å². The van der Waals surface area contributed by atoms with E-state index in [0.29, 0.717) is 12.2 Å². The normalized spacial score (nSPS) is 11.4. The van der Waals surface area contributed by atoms with E-state index in [-0.39, 0.29) is 6.10 Å². The quantitative estimate of drug-likeness (QED) is 0.731. The first kappa shape index (κ1) is 13.3. The third-order valence-corrected chi connectivity index (χ3v) is 2.04. The number of benzene rings is 1. The molecule has 3 heteroatoms. The Labute approximate surface area is 102 Å². The smallest absolute Gasteiger partial charge is 0.119 e. The van der Waals surface area contributed by atoms with Crippen LogP contribution in [-0.2, 0) is 4.74 Å². The Hall–Kier alpha value is -1.79. The van der Waals surface area contributed by atoms with Crippen LogP contribution in [0.4, 0.5) is 0 Å². The van der Waals surface area contributed by atoms with Crippen LogP contribution in [0.2, 0.25) is 0 Å². The van der Waals surface area contributed by atoms with Crippen molar-refractivity contribution < 1.29 is 9.47 Å². The first-order valence-electron chi connectivity index (χ1n) is 5.52. The average Bonchev–Trinajstić information content (AvgIpc) is 2.30. The molecule has 1 rings (SSSR count). The Kier molecular flexibility index (Phi) is 5.25. The summed E-state index contributed by atoms with van der Waals surface area (Å²) in [5.41, 5.74) is 1.57. The number of methoxy groups -OCH3 is 1. The lowest BCUT2D eigenvalue weighted by Gasteiger charge is -2.09. The molecule has 0 heterocycles. The molecule has 0 aliphatic carbocycles. The SMILES string of the molecule is COCC(C#N)=Cc1ccc(OC(C)C)cc1. The lowest BCUT2D eigenvalue weighted by molar-refractivity contribution is 0.229. The lowest BCUT2D eigenvalue weighted by Crippen LogP contribution is -2.05. The highest BCUT2D eigenvalue weighted by Crippen LogP contribution is 2.15. The molecule has 1 aromatic rings. The molecule has 0 aromatic heterocycles. The van der Waals surface area contributed by atoms with Gasteiger partial charge < -0.3 is 9.47 Å². The summed E-state index contributed by atoms with van der Waals surface area (Å²) in [5, 5.41) is 8.87. The van der Waals surface area contributed by atoms with Crippen LogP contribution < -0.4 is 4.74 Å². The first-order valence-corrected chi connectivity index (χ1v) is 5.52. The maximum atomic E-state index is 8.87. The standard InChI is InChI=1S/C14H17NO2/c1-11(2)17-14-6-4-12(5-7-14)8-13(9-15)10-16-3/h4-8,11H,10H2,1-3H3. The van der Waals surface area contributed by atoms with E-state index in [1.165, 1.54) is 0 Å². The van der Waals surface area contributed by atoms with Crippen LogP contribution in [0, 0.1) is 11.3 Å². The molecule has 0 unspecified atom stereocenters. The van der Waals surface area contributed by atoms with Gasteiger partial charge in [0.2, 0.25) is 0 Å². The van der Waals surface area contributed by atoms with Gasteiger partial charge in [0, 0.05) is 7.11 Å². The van der Waals surface area contributed by atoms with Crippen LogP contribution in [0.25, 0.3) is 6.08 Å². The van der Waals surface area contributed by atoms with Gasteiger partial charge >= 0.3 is 0 Å². The maximum Gasteiger partial charge on any atom is 0.119 e. The fourth-order valence-electron chi connectivity index (χ4n) is 1.38. The monoisotopic (exact) mass is 231 g/mol. The summed E-state index contributed by atoms with van der Waals surface area (Å²) in [7, 11) is 1.57. The molecule has 0 saturated carbocycles. The second kappa shape index (κ2) is 6.72. The summed E-state index contributed by atoms with van der Waals surface area (Å²) >= 11 is 0. The largest absolute Gasteiger partial charge is 0.491 e. The third-order valence-electron chi connectivity index (χ3n) is 2.04. The lowest BCUT2D eigenvalue weighted by atomic mass is 10.1. The van der Waals surface area contributed by atoms with Crippen molar-refractivity contribution in [2.45, 2.75) is 20.0 Å². The Morgan fingerprint density at radius 3 is 2.47 bits per heavy atom. The van der Waals surface area contributed by atoms with Gasteiger partial charge in [0.05, 0.1) is 24.4 Å². The molecule has 90 valence electrons. The Balaban J connectivity index is 2.77. The molecule has 1 aromatic carbocycles. The molecule has 17 heavy (non-hydrogen) atoms. The van der Waals surface area contributed by atoms with Crippen LogP contribution >= 0.6 is 0 Å². The highest BCUT2D eigenvalue weighted by Gasteiger charge is 1.98. The molecule has 0 aliphatic heterocycles. The molecule has 3 nitrogen and oxygen atoms in total. The average molecular weight is 231 g/mol. The van der Waals surface area contributed by atoms with Crippen molar-refractivity contribution in [3.8, 4) is 11.8 Å². The second-order valence-electron chi connectivity index (χ2n) is 3.95. The van der Waals surface area contributed by atoms with Crippen LogP contribution in [0.1, 0.15) is 19.4 Å². The predicted molar refractivity (Wildman–Crippen MR) is 67.7 cm³/mol. The zero-order chi connectivity index (χ0) is 12.7. The van der Waals surface area contributed by atoms with E-state index in [9.17, 15) is 0 Å². The van der Waals surface area contributed by atoms with E-state index in [2.05, 4.69) is 6.07 Å². The Morgan fingerprint density at radius 1 is 1.35 bits per heavy atom. The highest BCUT2D eigenvalue weighted by atomic mass is 16.5. The van der Waals surface area contributed by atoms with Gasteiger partial charge in [-0.3, -0.25) is 0 Å². The molecular formula is C14H17NO2. The van der Waals surface area contributed by atoms with Gasteiger partial charge in [-0.15, -0.1) is 0 Å².